The van der Waals surface area contributed by atoms with E-state index in [1.54, 1.807) is 0 Å². The lowest BCUT2D eigenvalue weighted by Gasteiger charge is -2.10. The second kappa shape index (κ2) is 6.80. The number of anilines is 1. The number of rotatable bonds is 4. The van der Waals surface area contributed by atoms with Crippen molar-refractivity contribution in [2.24, 2.45) is 0 Å². The second-order valence-corrected chi connectivity index (χ2v) is 6.79. The van der Waals surface area contributed by atoms with E-state index in [1.165, 1.54) is 12.1 Å². The summed E-state index contributed by atoms with van der Waals surface area (Å²) in [6, 6.07) is 4.83. The summed E-state index contributed by atoms with van der Waals surface area (Å²) in [7, 11) is -2.76. The van der Waals surface area contributed by atoms with Gasteiger partial charge in [-0.3, -0.25) is 4.79 Å². The van der Waals surface area contributed by atoms with Crippen LogP contribution in [0.4, 0.5) is 18.9 Å². The molecule has 0 fully saturated rings. The SMILES string of the molecule is CNS(=O)(=O)c1cc(C(=O)Nc2ccc(F)c(F)c2F)ccc1Cl. The van der Waals surface area contributed by atoms with Crippen LogP contribution in [-0.2, 0) is 10.0 Å². The highest BCUT2D eigenvalue weighted by atomic mass is 35.5. The summed E-state index contributed by atoms with van der Waals surface area (Å²) in [5.41, 5.74) is -0.760. The van der Waals surface area contributed by atoms with Gasteiger partial charge in [0.1, 0.15) is 4.90 Å². The smallest absolute Gasteiger partial charge is 0.255 e. The third kappa shape index (κ3) is 3.53. The van der Waals surface area contributed by atoms with Crippen LogP contribution in [0, 0.1) is 17.5 Å². The Morgan fingerprint density at radius 2 is 1.75 bits per heavy atom. The summed E-state index contributed by atoms with van der Waals surface area (Å²) in [4.78, 5) is 11.7. The summed E-state index contributed by atoms with van der Waals surface area (Å²) in [6.07, 6.45) is 0. The molecule has 0 unspecified atom stereocenters. The van der Waals surface area contributed by atoms with Gasteiger partial charge >= 0.3 is 0 Å². The van der Waals surface area contributed by atoms with Crippen LogP contribution < -0.4 is 10.0 Å². The molecule has 0 aliphatic heterocycles. The van der Waals surface area contributed by atoms with Gasteiger partial charge in [0.25, 0.3) is 5.91 Å². The molecule has 1 amide bonds. The first-order valence-corrected chi connectivity index (χ1v) is 8.21. The van der Waals surface area contributed by atoms with E-state index in [0.717, 1.165) is 19.2 Å². The maximum absolute atomic E-state index is 13.6. The minimum atomic E-state index is -3.92. The largest absolute Gasteiger partial charge is 0.319 e. The standard InChI is InChI=1S/C14H10ClF3N2O3S/c1-19-24(22,23)11-6-7(2-3-8(11)15)14(21)20-10-5-4-9(16)12(17)13(10)18/h2-6,19H,1H3,(H,20,21). The van der Waals surface area contributed by atoms with E-state index in [-0.39, 0.29) is 15.5 Å². The zero-order chi connectivity index (χ0) is 18.1. The van der Waals surface area contributed by atoms with E-state index >= 15 is 0 Å². The molecule has 0 saturated carbocycles. The molecule has 0 spiro atoms. The molecule has 10 heteroatoms. The molecule has 2 aromatic carbocycles. The van der Waals surface area contributed by atoms with Crippen LogP contribution in [0.15, 0.2) is 35.2 Å². The first kappa shape index (κ1) is 18.2. The molecule has 0 radical (unpaired) electrons. The fraction of sp³-hybridized carbons (Fsp3) is 0.0714. The highest BCUT2D eigenvalue weighted by Crippen LogP contribution is 2.24. The number of carbonyl (C=O) groups is 1. The monoisotopic (exact) mass is 378 g/mol. The minimum absolute atomic E-state index is 0.125. The molecule has 0 saturated heterocycles. The average Bonchev–Trinajstić information content (AvgIpc) is 2.55. The predicted octanol–water partition coefficient (Wildman–Crippen LogP) is 2.92. The Morgan fingerprint density at radius 3 is 2.38 bits per heavy atom. The third-order valence-electron chi connectivity index (χ3n) is 3.04. The molecule has 128 valence electrons. The topological polar surface area (TPSA) is 75.3 Å². The molecular formula is C14H10ClF3N2O3S. The number of carbonyl (C=O) groups excluding carboxylic acids is 1. The number of benzene rings is 2. The molecule has 0 aliphatic carbocycles. The zero-order valence-corrected chi connectivity index (χ0v) is 13.6. The van der Waals surface area contributed by atoms with Gasteiger partial charge < -0.3 is 5.32 Å². The maximum atomic E-state index is 13.6. The predicted molar refractivity (Wildman–Crippen MR) is 82.0 cm³/mol. The van der Waals surface area contributed by atoms with Gasteiger partial charge in [-0.05, 0) is 37.4 Å². The van der Waals surface area contributed by atoms with Crippen LogP contribution in [0.5, 0.6) is 0 Å². The number of hydrogen-bond acceptors (Lipinski definition) is 3. The van der Waals surface area contributed by atoms with Gasteiger partial charge in [-0.25, -0.2) is 26.3 Å². The first-order chi connectivity index (χ1) is 11.2. The summed E-state index contributed by atoms with van der Waals surface area (Å²) in [5.74, 6) is -5.63. The number of halogens is 4. The molecule has 0 aromatic heterocycles. The quantitative estimate of drug-likeness (QED) is 0.803. The Kier molecular flexibility index (Phi) is 5.16. The van der Waals surface area contributed by atoms with Crippen molar-refractivity contribution in [3.8, 4) is 0 Å². The Morgan fingerprint density at radius 1 is 1.08 bits per heavy atom. The van der Waals surface area contributed by atoms with Crippen molar-refractivity contribution in [1.82, 2.24) is 4.72 Å². The number of hydrogen-bond donors (Lipinski definition) is 2. The third-order valence-corrected chi connectivity index (χ3v) is 4.93. The van der Waals surface area contributed by atoms with Crippen LogP contribution >= 0.6 is 11.6 Å². The lowest BCUT2D eigenvalue weighted by atomic mass is 10.2. The molecule has 0 atom stereocenters. The van der Waals surface area contributed by atoms with Crippen molar-refractivity contribution in [3.05, 3.63) is 58.4 Å². The Hall–Kier alpha value is -2.10. The molecule has 0 bridgehead atoms. The molecule has 0 heterocycles. The van der Waals surface area contributed by atoms with Crippen molar-refractivity contribution in [1.29, 1.82) is 0 Å². The van der Waals surface area contributed by atoms with Gasteiger partial charge in [0.15, 0.2) is 17.5 Å². The van der Waals surface area contributed by atoms with Gasteiger partial charge in [-0.1, -0.05) is 11.6 Å². The molecule has 2 aromatic rings. The Bertz CT molecular complexity index is 920. The number of amides is 1. The van der Waals surface area contributed by atoms with Crippen LogP contribution in [0.3, 0.4) is 0 Å². The summed E-state index contributed by atoms with van der Waals surface area (Å²) in [6.45, 7) is 0. The van der Waals surface area contributed by atoms with Gasteiger partial charge in [-0.2, -0.15) is 0 Å². The van der Waals surface area contributed by atoms with Gasteiger partial charge in [-0.15, -0.1) is 0 Å². The molecule has 0 aliphatic rings. The van der Waals surface area contributed by atoms with Crippen molar-refractivity contribution in [2.75, 3.05) is 12.4 Å². The summed E-state index contributed by atoms with van der Waals surface area (Å²) >= 11 is 5.79. The molecule has 5 nitrogen and oxygen atoms in total. The van der Waals surface area contributed by atoms with Gasteiger partial charge in [0.2, 0.25) is 10.0 Å². The molecular weight excluding hydrogens is 369 g/mol. The van der Waals surface area contributed by atoms with Crippen LogP contribution in [0.25, 0.3) is 0 Å². The van der Waals surface area contributed by atoms with E-state index < -0.39 is 39.1 Å². The van der Waals surface area contributed by atoms with E-state index in [9.17, 15) is 26.4 Å². The van der Waals surface area contributed by atoms with Gasteiger partial charge in [0.05, 0.1) is 10.7 Å². The van der Waals surface area contributed by atoms with E-state index in [2.05, 4.69) is 0 Å². The Balaban J connectivity index is 2.38. The fourth-order valence-corrected chi connectivity index (χ4v) is 3.03. The van der Waals surface area contributed by atoms with E-state index in [0.29, 0.717) is 6.07 Å². The highest BCUT2D eigenvalue weighted by Gasteiger charge is 2.20. The zero-order valence-electron chi connectivity index (χ0n) is 12.0. The summed E-state index contributed by atoms with van der Waals surface area (Å²) in [5, 5.41) is 1.91. The first-order valence-electron chi connectivity index (χ1n) is 6.35. The van der Waals surface area contributed by atoms with Crippen LogP contribution in [0.1, 0.15) is 10.4 Å². The van der Waals surface area contributed by atoms with E-state index in [4.69, 9.17) is 11.6 Å². The lowest BCUT2D eigenvalue weighted by Crippen LogP contribution is -2.20. The van der Waals surface area contributed by atoms with Crippen molar-refractivity contribution in [2.45, 2.75) is 4.90 Å². The molecule has 2 N–H and O–H groups in total. The molecule has 2 rings (SSSR count). The van der Waals surface area contributed by atoms with Crippen LogP contribution in [0.2, 0.25) is 5.02 Å². The summed E-state index contributed by atoms with van der Waals surface area (Å²) < 4.78 is 65.3. The van der Waals surface area contributed by atoms with Crippen molar-refractivity contribution >= 4 is 33.2 Å². The highest BCUT2D eigenvalue weighted by molar-refractivity contribution is 7.89. The maximum Gasteiger partial charge on any atom is 0.255 e. The normalized spacial score (nSPS) is 11.4. The van der Waals surface area contributed by atoms with Gasteiger partial charge in [0, 0.05) is 5.56 Å². The number of sulfonamides is 1. The fourth-order valence-electron chi connectivity index (χ4n) is 1.78. The average molecular weight is 379 g/mol. The van der Waals surface area contributed by atoms with Crippen LogP contribution in [-0.4, -0.2) is 21.4 Å². The van der Waals surface area contributed by atoms with Crippen molar-refractivity contribution < 1.29 is 26.4 Å². The number of nitrogens with one attached hydrogen (secondary N) is 2. The minimum Gasteiger partial charge on any atom is -0.319 e. The van der Waals surface area contributed by atoms with Crippen molar-refractivity contribution in [3.63, 3.8) is 0 Å². The van der Waals surface area contributed by atoms with E-state index in [1.807, 2.05) is 10.0 Å². The molecule has 24 heavy (non-hydrogen) atoms. The second-order valence-electron chi connectivity index (χ2n) is 4.53. The lowest BCUT2D eigenvalue weighted by molar-refractivity contribution is 0.102. The Labute approximate surface area is 140 Å².